The van der Waals surface area contributed by atoms with Crippen LogP contribution in [0.15, 0.2) is 192 Å². The normalized spacial score (nSPS) is 20.9. The van der Waals surface area contributed by atoms with Crippen LogP contribution in [0.1, 0.15) is 0 Å². The van der Waals surface area contributed by atoms with Crippen LogP contribution in [-0.2, 0) is 30.4 Å². The number of hydrogen-bond acceptors (Lipinski definition) is 12. The van der Waals surface area contributed by atoms with Crippen molar-refractivity contribution in [3.63, 3.8) is 0 Å². The third-order valence-corrected chi connectivity index (χ3v) is 20.8. The van der Waals surface area contributed by atoms with E-state index in [9.17, 15) is 38.9 Å². The van der Waals surface area contributed by atoms with E-state index < -0.39 is 67.3 Å². The average Bonchev–Trinajstić information content (AvgIpc) is 3.18. The first kappa shape index (κ1) is 40.3. The molecule has 0 atom stereocenters. The second kappa shape index (κ2) is 15.5. The maximum atomic E-state index is 12.2. The van der Waals surface area contributed by atoms with Gasteiger partial charge in [0.25, 0.3) is 52.7 Å². The SMILES string of the molecule is O=S(=O)(O)c1ccc(P2(Oc3ccccc3)=NP(Oc3ccccc3)(c3ccc(S(=O)(=O)O)cc3)=NP(Oc3ccccc3)(c3ccc(S(=O)(=O)O)cc3)=N2)cc1. The topological polar surface area (TPSA) is 228 Å². The van der Waals surface area contributed by atoms with Gasteiger partial charge in [-0.2, -0.15) is 38.8 Å². The summed E-state index contributed by atoms with van der Waals surface area (Å²) < 4.78 is 139. The molecule has 3 N–H and O–H groups in total. The van der Waals surface area contributed by atoms with E-state index in [1.807, 2.05) is 0 Å². The fraction of sp³-hybridized carbons (Fsp3) is 0. The zero-order valence-corrected chi connectivity index (χ0v) is 34.1. The second-order valence-corrected chi connectivity index (χ2v) is 23.8. The van der Waals surface area contributed by atoms with E-state index in [1.54, 1.807) is 91.0 Å². The van der Waals surface area contributed by atoms with Gasteiger partial charge >= 0.3 is 0 Å². The highest BCUT2D eigenvalue weighted by Crippen LogP contribution is 2.77. The summed E-state index contributed by atoms with van der Waals surface area (Å²) in [6.07, 6.45) is 0. The van der Waals surface area contributed by atoms with Gasteiger partial charge in [-0.15, -0.1) is 0 Å². The summed E-state index contributed by atoms with van der Waals surface area (Å²) in [7, 11) is -26.2. The lowest BCUT2D eigenvalue weighted by atomic mass is 10.3. The van der Waals surface area contributed by atoms with E-state index in [0.717, 1.165) is 36.4 Å². The van der Waals surface area contributed by atoms with Gasteiger partial charge in [0, 0.05) is 0 Å². The smallest absolute Gasteiger partial charge is 0.294 e. The number of benzene rings is 6. The van der Waals surface area contributed by atoms with Crippen molar-refractivity contribution >= 4 is 68.6 Å². The minimum absolute atomic E-state index is 0.208. The van der Waals surface area contributed by atoms with Gasteiger partial charge in [-0.25, -0.2) is 0 Å². The average molecular weight is 886 g/mol. The van der Waals surface area contributed by atoms with Crippen molar-refractivity contribution in [1.82, 2.24) is 0 Å². The molecule has 1 heterocycles. The Morgan fingerprint density at radius 1 is 0.333 bits per heavy atom. The van der Waals surface area contributed by atoms with Crippen molar-refractivity contribution in [2.45, 2.75) is 14.7 Å². The van der Waals surface area contributed by atoms with Gasteiger partial charge in [-0.1, -0.05) is 54.6 Å². The molecule has 0 aromatic heterocycles. The summed E-state index contributed by atoms with van der Waals surface area (Å²) >= 11 is 0. The van der Waals surface area contributed by atoms with Crippen molar-refractivity contribution in [3.05, 3.63) is 164 Å². The monoisotopic (exact) mass is 885 g/mol. The predicted octanol–water partition coefficient (Wildman–Crippen LogP) is 8.05. The quantitative estimate of drug-likeness (QED) is 0.0784. The third-order valence-electron chi connectivity index (χ3n) is 8.07. The third kappa shape index (κ3) is 8.85. The minimum atomic E-state index is -4.66. The van der Waals surface area contributed by atoms with Gasteiger partial charge in [0.15, 0.2) is 0 Å². The fourth-order valence-electron chi connectivity index (χ4n) is 5.45. The zero-order valence-electron chi connectivity index (χ0n) is 29.0. The lowest BCUT2D eigenvalue weighted by Gasteiger charge is -2.36. The molecule has 7 rings (SSSR count). The van der Waals surface area contributed by atoms with Gasteiger partial charge < -0.3 is 13.6 Å². The summed E-state index contributed by atoms with van der Waals surface area (Å²) in [4.78, 5) is -1.30. The molecule has 0 amide bonds. The van der Waals surface area contributed by atoms with Crippen LogP contribution >= 0.6 is 22.3 Å². The minimum Gasteiger partial charge on any atom is -0.438 e. The molecule has 0 radical (unpaired) electrons. The molecule has 294 valence electrons. The van der Waals surface area contributed by atoms with E-state index in [4.69, 9.17) is 27.1 Å². The Bertz CT molecular complexity index is 2620. The summed E-state index contributed by atoms with van der Waals surface area (Å²) in [6, 6.07) is 40.4. The van der Waals surface area contributed by atoms with E-state index in [-0.39, 0.29) is 33.2 Å². The molecule has 57 heavy (non-hydrogen) atoms. The highest BCUT2D eigenvalue weighted by atomic mass is 32.2. The Balaban J connectivity index is 1.69. The lowest BCUT2D eigenvalue weighted by Crippen LogP contribution is -2.19. The number of nitrogens with zero attached hydrogens (tertiary/aromatic N) is 3. The highest BCUT2D eigenvalue weighted by molar-refractivity contribution is 7.90. The maximum Gasteiger partial charge on any atom is 0.294 e. The molecule has 6 aromatic carbocycles. The lowest BCUT2D eigenvalue weighted by molar-refractivity contribution is 0.481. The van der Waals surface area contributed by atoms with Gasteiger partial charge in [-0.3, -0.25) is 13.7 Å². The van der Waals surface area contributed by atoms with Crippen molar-refractivity contribution in [2.75, 3.05) is 0 Å². The van der Waals surface area contributed by atoms with Crippen LogP contribution in [0.4, 0.5) is 0 Å². The standard InChI is InChI=1S/C36H30N3O12P3S3/c40-55(41,42)34-22-16-31(17-23-34)52(49-28-10-4-1-5-11-28)37-53(50-29-12-6-2-7-13-29,32-18-24-35(25-19-32)56(43,44)45)39-54(38-52,51-30-14-8-3-9-15-30)33-20-26-36(27-21-33)57(46,47)48/h1-27H,(H,40,41,42)(H,43,44,45)(H,46,47,48). The molecule has 0 saturated heterocycles. The molecule has 0 aliphatic carbocycles. The molecule has 1 aliphatic heterocycles. The highest BCUT2D eigenvalue weighted by Gasteiger charge is 2.45. The Labute approximate surface area is 328 Å². The van der Waals surface area contributed by atoms with Gasteiger partial charge in [0.1, 0.15) is 17.2 Å². The van der Waals surface area contributed by atoms with Gasteiger partial charge in [-0.05, 0) is 109 Å². The molecule has 1 aliphatic rings. The van der Waals surface area contributed by atoms with Crippen molar-refractivity contribution in [3.8, 4) is 17.2 Å². The van der Waals surface area contributed by atoms with E-state index in [1.165, 1.54) is 36.4 Å². The van der Waals surface area contributed by atoms with Crippen LogP contribution in [0.5, 0.6) is 17.2 Å². The van der Waals surface area contributed by atoms with Crippen molar-refractivity contribution in [2.24, 2.45) is 13.5 Å². The molecule has 0 bridgehead atoms. The first-order valence-corrected chi connectivity index (χ1v) is 25.5. The molecule has 0 fully saturated rings. The fourth-order valence-corrected chi connectivity index (χ4v) is 18.8. The Morgan fingerprint density at radius 2 is 0.544 bits per heavy atom. The molecule has 0 spiro atoms. The van der Waals surface area contributed by atoms with Crippen LogP contribution < -0.4 is 29.5 Å². The summed E-state index contributed by atoms with van der Waals surface area (Å²) in [5.74, 6) is 0.787. The first-order chi connectivity index (χ1) is 27.0. The summed E-state index contributed by atoms with van der Waals surface area (Å²) in [6.45, 7) is 0. The van der Waals surface area contributed by atoms with Crippen LogP contribution in [0.3, 0.4) is 0 Å². The van der Waals surface area contributed by atoms with E-state index in [2.05, 4.69) is 0 Å². The molecule has 0 saturated carbocycles. The Kier molecular flexibility index (Phi) is 11.0. The zero-order chi connectivity index (χ0) is 40.5. The van der Waals surface area contributed by atoms with E-state index in [0.29, 0.717) is 0 Å². The van der Waals surface area contributed by atoms with Gasteiger partial charge in [0.2, 0.25) is 0 Å². The largest absolute Gasteiger partial charge is 0.438 e. The summed E-state index contributed by atoms with van der Waals surface area (Å²) in [5.41, 5.74) is 0. The van der Waals surface area contributed by atoms with Crippen LogP contribution in [0.25, 0.3) is 0 Å². The van der Waals surface area contributed by atoms with Crippen LogP contribution in [0, 0.1) is 0 Å². The first-order valence-electron chi connectivity index (χ1n) is 16.4. The maximum absolute atomic E-state index is 12.2. The van der Waals surface area contributed by atoms with Crippen LogP contribution in [0.2, 0.25) is 0 Å². The Morgan fingerprint density at radius 3 is 0.737 bits per heavy atom. The molecular formula is C36H30N3O12P3S3. The van der Waals surface area contributed by atoms with E-state index >= 15 is 0 Å². The molecule has 0 unspecified atom stereocenters. The predicted molar refractivity (Wildman–Crippen MR) is 217 cm³/mol. The van der Waals surface area contributed by atoms with Crippen LogP contribution in [-0.4, -0.2) is 38.9 Å². The van der Waals surface area contributed by atoms with Crippen molar-refractivity contribution in [1.29, 1.82) is 0 Å². The molecule has 6 aromatic rings. The number of hydrogen-bond donors (Lipinski definition) is 3. The number of rotatable bonds is 12. The molecule has 15 nitrogen and oxygen atoms in total. The van der Waals surface area contributed by atoms with Crippen molar-refractivity contribution < 1.29 is 52.5 Å². The number of para-hydroxylation sites is 3. The summed E-state index contributed by atoms with van der Waals surface area (Å²) in [5, 5.41) is 0.625. The molecular weight excluding hydrogens is 856 g/mol. The van der Waals surface area contributed by atoms with Gasteiger partial charge in [0.05, 0.1) is 30.6 Å². The molecule has 21 heteroatoms. The second-order valence-electron chi connectivity index (χ2n) is 12.0. The Hall–Kier alpha value is -4.86.